The van der Waals surface area contributed by atoms with Gasteiger partial charge in [-0.05, 0) is 27.8 Å². The highest BCUT2D eigenvalue weighted by Gasteiger charge is 2.10. The highest BCUT2D eigenvalue weighted by molar-refractivity contribution is 5.80. The molecule has 0 radical (unpaired) electrons. The Labute approximate surface area is 86.6 Å². The Hall–Kier alpha value is -0.610. The van der Waals surface area contributed by atoms with Gasteiger partial charge in [-0.2, -0.15) is 0 Å². The predicted octanol–water partition coefficient (Wildman–Crippen LogP) is 0.478. The second-order valence-corrected chi connectivity index (χ2v) is 3.74. The maximum absolute atomic E-state index is 11.3. The van der Waals surface area contributed by atoms with Gasteiger partial charge in [-0.15, -0.1) is 0 Å². The first-order valence-electron chi connectivity index (χ1n) is 4.99. The molecule has 0 heterocycles. The average molecular weight is 202 g/mol. The van der Waals surface area contributed by atoms with Crippen molar-refractivity contribution >= 4 is 5.91 Å². The van der Waals surface area contributed by atoms with Crippen molar-refractivity contribution in [3.8, 4) is 0 Å². The first-order chi connectivity index (χ1) is 6.49. The van der Waals surface area contributed by atoms with Crippen LogP contribution in [0.5, 0.6) is 0 Å². The maximum atomic E-state index is 11.3. The summed E-state index contributed by atoms with van der Waals surface area (Å²) in [5.41, 5.74) is 0. The lowest BCUT2D eigenvalue weighted by Crippen LogP contribution is -2.40. The molecule has 0 saturated heterocycles. The Balaban J connectivity index is 3.59. The van der Waals surface area contributed by atoms with Crippen LogP contribution < -0.4 is 5.32 Å². The van der Waals surface area contributed by atoms with E-state index >= 15 is 0 Å². The van der Waals surface area contributed by atoms with E-state index in [0.29, 0.717) is 12.6 Å². The molecule has 0 spiro atoms. The number of nitrogens with zero attached hydrogens (tertiary/aromatic N) is 1. The van der Waals surface area contributed by atoms with Crippen LogP contribution in [0.15, 0.2) is 0 Å². The molecule has 0 aliphatic rings. The lowest BCUT2D eigenvalue weighted by atomic mass is 10.3. The van der Waals surface area contributed by atoms with Crippen LogP contribution in [-0.2, 0) is 9.53 Å². The van der Waals surface area contributed by atoms with E-state index in [1.807, 2.05) is 7.05 Å². The zero-order chi connectivity index (χ0) is 11.1. The van der Waals surface area contributed by atoms with Crippen LogP contribution in [0.3, 0.4) is 0 Å². The third-order valence-electron chi connectivity index (χ3n) is 2.37. The Morgan fingerprint density at radius 1 is 1.43 bits per heavy atom. The van der Waals surface area contributed by atoms with E-state index in [-0.39, 0.29) is 12.0 Å². The molecule has 4 heteroatoms. The monoisotopic (exact) mass is 202 g/mol. The van der Waals surface area contributed by atoms with Crippen molar-refractivity contribution < 1.29 is 9.53 Å². The van der Waals surface area contributed by atoms with Gasteiger partial charge in [0.25, 0.3) is 0 Å². The Bertz CT molecular complexity index is 172. The highest BCUT2D eigenvalue weighted by Crippen LogP contribution is 1.91. The summed E-state index contributed by atoms with van der Waals surface area (Å²) < 4.78 is 4.89. The second-order valence-electron chi connectivity index (χ2n) is 3.74. The minimum absolute atomic E-state index is 0.0512. The molecule has 0 rings (SSSR count). The van der Waals surface area contributed by atoms with E-state index in [1.54, 1.807) is 6.92 Å². The summed E-state index contributed by atoms with van der Waals surface area (Å²) >= 11 is 0. The quantitative estimate of drug-likeness (QED) is 0.681. The first kappa shape index (κ1) is 13.4. The van der Waals surface area contributed by atoms with Crippen molar-refractivity contribution in [3.63, 3.8) is 0 Å². The van der Waals surface area contributed by atoms with Gasteiger partial charge >= 0.3 is 0 Å². The molecular weight excluding hydrogens is 180 g/mol. The van der Waals surface area contributed by atoms with Crippen molar-refractivity contribution in [2.24, 2.45) is 0 Å². The SMILES string of the molecule is CO[C@H](C)C(=O)NCCN(C)C(C)C. The predicted molar refractivity (Wildman–Crippen MR) is 57.2 cm³/mol. The molecule has 0 saturated carbocycles. The zero-order valence-electron chi connectivity index (χ0n) is 9.83. The normalized spacial score (nSPS) is 13.4. The number of hydrogen-bond acceptors (Lipinski definition) is 3. The maximum Gasteiger partial charge on any atom is 0.248 e. The Kier molecular flexibility index (Phi) is 6.49. The van der Waals surface area contributed by atoms with Crippen molar-refractivity contribution in [2.75, 3.05) is 27.2 Å². The van der Waals surface area contributed by atoms with E-state index in [2.05, 4.69) is 24.1 Å². The smallest absolute Gasteiger partial charge is 0.248 e. The van der Waals surface area contributed by atoms with Crippen LogP contribution in [0, 0.1) is 0 Å². The van der Waals surface area contributed by atoms with E-state index < -0.39 is 0 Å². The summed E-state index contributed by atoms with van der Waals surface area (Å²) in [7, 11) is 3.57. The molecule has 0 aliphatic heterocycles. The number of amides is 1. The van der Waals surface area contributed by atoms with E-state index in [0.717, 1.165) is 6.54 Å². The van der Waals surface area contributed by atoms with Gasteiger partial charge in [-0.25, -0.2) is 0 Å². The van der Waals surface area contributed by atoms with Crippen molar-refractivity contribution in [1.29, 1.82) is 0 Å². The largest absolute Gasteiger partial charge is 0.372 e. The van der Waals surface area contributed by atoms with E-state index in [4.69, 9.17) is 4.74 Å². The number of nitrogens with one attached hydrogen (secondary N) is 1. The summed E-state index contributed by atoms with van der Waals surface area (Å²) in [5.74, 6) is -0.0512. The first-order valence-corrected chi connectivity index (χ1v) is 4.99. The van der Waals surface area contributed by atoms with Crippen molar-refractivity contribution in [1.82, 2.24) is 10.2 Å². The zero-order valence-corrected chi connectivity index (χ0v) is 9.83. The van der Waals surface area contributed by atoms with Gasteiger partial charge in [0, 0.05) is 26.2 Å². The molecule has 14 heavy (non-hydrogen) atoms. The standard InChI is InChI=1S/C10H22N2O2/c1-8(2)12(4)7-6-11-10(13)9(3)14-5/h8-9H,6-7H2,1-5H3,(H,11,13)/t9-/m1/s1. The topological polar surface area (TPSA) is 41.6 Å². The molecule has 0 aromatic heterocycles. The van der Waals surface area contributed by atoms with Gasteiger partial charge in [0.1, 0.15) is 6.10 Å². The fourth-order valence-electron chi connectivity index (χ4n) is 0.864. The number of hydrogen-bond donors (Lipinski definition) is 1. The Morgan fingerprint density at radius 2 is 2.00 bits per heavy atom. The molecule has 1 N–H and O–H groups in total. The number of carbonyl (C=O) groups is 1. The van der Waals surface area contributed by atoms with Crippen LogP contribution in [-0.4, -0.2) is 50.2 Å². The molecule has 0 aromatic carbocycles. The average Bonchev–Trinajstić information content (AvgIpc) is 2.15. The number of ether oxygens (including phenoxy) is 1. The molecule has 0 bridgehead atoms. The number of methoxy groups -OCH3 is 1. The molecule has 0 aliphatic carbocycles. The molecule has 84 valence electrons. The van der Waals surface area contributed by atoms with Gasteiger partial charge in [0.2, 0.25) is 5.91 Å². The lowest BCUT2D eigenvalue weighted by Gasteiger charge is -2.21. The number of carbonyl (C=O) groups excluding carboxylic acids is 1. The molecule has 4 nitrogen and oxygen atoms in total. The van der Waals surface area contributed by atoms with Crippen LogP contribution in [0.4, 0.5) is 0 Å². The second kappa shape index (κ2) is 6.79. The third kappa shape index (κ3) is 5.19. The van der Waals surface area contributed by atoms with Crippen LogP contribution in [0.25, 0.3) is 0 Å². The van der Waals surface area contributed by atoms with Gasteiger partial charge in [-0.1, -0.05) is 0 Å². The minimum Gasteiger partial charge on any atom is -0.372 e. The fraction of sp³-hybridized carbons (Fsp3) is 0.900. The van der Waals surface area contributed by atoms with Gasteiger partial charge in [0.15, 0.2) is 0 Å². The minimum atomic E-state index is -0.362. The van der Waals surface area contributed by atoms with Crippen molar-refractivity contribution in [3.05, 3.63) is 0 Å². The van der Waals surface area contributed by atoms with Crippen molar-refractivity contribution in [2.45, 2.75) is 32.9 Å². The summed E-state index contributed by atoms with van der Waals surface area (Å²) in [6.07, 6.45) is -0.362. The molecular formula is C10H22N2O2. The van der Waals surface area contributed by atoms with Gasteiger partial charge < -0.3 is 15.0 Å². The van der Waals surface area contributed by atoms with Gasteiger partial charge in [-0.3, -0.25) is 4.79 Å². The summed E-state index contributed by atoms with van der Waals surface area (Å²) in [4.78, 5) is 13.4. The van der Waals surface area contributed by atoms with Crippen LogP contribution >= 0.6 is 0 Å². The third-order valence-corrected chi connectivity index (χ3v) is 2.37. The molecule has 0 fully saturated rings. The lowest BCUT2D eigenvalue weighted by molar-refractivity contribution is -0.130. The van der Waals surface area contributed by atoms with Crippen LogP contribution in [0.2, 0.25) is 0 Å². The number of rotatable bonds is 6. The summed E-state index contributed by atoms with van der Waals surface area (Å²) in [6.45, 7) is 7.52. The van der Waals surface area contributed by atoms with Gasteiger partial charge in [0.05, 0.1) is 0 Å². The number of likely N-dealkylation sites (N-methyl/N-ethyl adjacent to an activating group) is 1. The molecule has 0 unspecified atom stereocenters. The fourth-order valence-corrected chi connectivity index (χ4v) is 0.864. The Morgan fingerprint density at radius 3 is 2.43 bits per heavy atom. The van der Waals surface area contributed by atoms with Crippen LogP contribution in [0.1, 0.15) is 20.8 Å². The molecule has 0 aromatic rings. The molecule has 1 amide bonds. The summed E-state index contributed by atoms with van der Waals surface area (Å²) in [5, 5.41) is 2.81. The van der Waals surface area contributed by atoms with E-state index in [9.17, 15) is 4.79 Å². The summed E-state index contributed by atoms with van der Waals surface area (Å²) in [6, 6.07) is 0.506. The highest BCUT2D eigenvalue weighted by atomic mass is 16.5. The van der Waals surface area contributed by atoms with E-state index in [1.165, 1.54) is 7.11 Å². The molecule has 1 atom stereocenters.